The van der Waals surface area contributed by atoms with Crippen LogP contribution in [-0.2, 0) is 9.53 Å². The number of fused-ring (bicyclic) bond motifs is 1. The molecule has 3 aromatic rings. The van der Waals surface area contributed by atoms with Gasteiger partial charge in [-0.15, -0.1) is 0 Å². The van der Waals surface area contributed by atoms with Crippen molar-refractivity contribution in [3.63, 3.8) is 0 Å². The van der Waals surface area contributed by atoms with Gasteiger partial charge in [-0.2, -0.15) is 0 Å². The average Bonchev–Trinajstić information content (AvgIpc) is 3.13. The van der Waals surface area contributed by atoms with E-state index in [1.807, 2.05) is 0 Å². The summed E-state index contributed by atoms with van der Waals surface area (Å²) in [5.41, 5.74) is 0.623. The third-order valence-electron chi connectivity index (χ3n) is 5.43. The van der Waals surface area contributed by atoms with E-state index in [0.29, 0.717) is 27.4 Å². The van der Waals surface area contributed by atoms with Gasteiger partial charge in [0, 0.05) is 6.07 Å². The zero-order valence-electron chi connectivity index (χ0n) is 19.0. The highest BCUT2D eigenvalue weighted by Gasteiger charge is 2.33. The van der Waals surface area contributed by atoms with Crippen molar-refractivity contribution < 1.29 is 24.3 Å². The molecule has 0 saturated heterocycles. The predicted molar refractivity (Wildman–Crippen MR) is 126 cm³/mol. The quantitative estimate of drug-likeness (QED) is 0.289. The number of aromatic nitrogens is 1. The molecule has 2 aromatic carbocycles. The average molecular weight is 495 g/mol. The van der Waals surface area contributed by atoms with Gasteiger partial charge in [0.1, 0.15) is 5.75 Å². The minimum absolute atomic E-state index is 0.157. The molecule has 11 heteroatoms. The first-order valence-corrected chi connectivity index (χ1v) is 11.4. The lowest BCUT2D eigenvalue weighted by molar-refractivity contribution is -0.398. The van der Waals surface area contributed by atoms with Gasteiger partial charge in [0.25, 0.3) is 11.2 Å². The molecule has 4 rings (SSSR count). The fraction of sp³-hybridized carbons (Fsp3) is 0.208. The Morgan fingerprint density at radius 1 is 1.26 bits per heavy atom. The Balaban J connectivity index is 1.93. The molecule has 0 aliphatic carbocycles. The second-order valence-electron chi connectivity index (χ2n) is 7.56. The van der Waals surface area contributed by atoms with Crippen molar-refractivity contribution in [1.82, 2.24) is 4.57 Å². The molecule has 1 aliphatic heterocycles. The van der Waals surface area contributed by atoms with Gasteiger partial charge in [-0.1, -0.05) is 35.6 Å². The van der Waals surface area contributed by atoms with Crippen molar-refractivity contribution in [3.8, 4) is 11.5 Å². The number of hydrogen-bond acceptors (Lipinski definition) is 9. The van der Waals surface area contributed by atoms with E-state index in [0.717, 1.165) is 23.5 Å². The number of carbonyl (C=O) groups excluding carboxylic acids is 1. The van der Waals surface area contributed by atoms with E-state index in [9.17, 15) is 24.8 Å². The van der Waals surface area contributed by atoms with E-state index < -0.39 is 33.9 Å². The summed E-state index contributed by atoms with van der Waals surface area (Å²) in [5.74, 6) is -0.684. The van der Waals surface area contributed by atoms with E-state index in [1.165, 1.54) is 23.8 Å². The standard InChI is InChI=1S/C24H21N3O7S/c1-4-34-23(30)20-13(2)25-24-26(21(20)15-6-8-16(33-3)9-7-15)22(29)19(35-24)12-14-5-10-18(28)17(11-14)27(31)32/h5-12,21,28H,4H2,1-3H3/p-1/t21-/m1/s1. The Morgan fingerprint density at radius 2 is 1.97 bits per heavy atom. The number of ether oxygens (including phenoxy) is 2. The molecule has 1 aliphatic rings. The summed E-state index contributed by atoms with van der Waals surface area (Å²) in [6, 6.07) is 9.80. The molecule has 1 aromatic heterocycles. The number of nitro groups is 1. The largest absolute Gasteiger partial charge is 0.868 e. The minimum Gasteiger partial charge on any atom is -0.868 e. The van der Waals surface area contributed by atoms with Crippen molar-refractivity contribution >= 4 is 29.1 Å². The summed E-state index contributed by atoms with van der Waals surface area (Å²) < 4.78 is 12.1. The first-order valence-electron chi connectivity index (χ1n) is 10.5. The Bertz CT molecular complexity index is 1530. The molecule has 0 radical (unpaired) electrons. The van der Waals surface area contributed by atoms with Gasteiger partial charge in [0.05, 0.1) is 40.5 Å². The number of nitrogens with zero attached hydrogens (tertiary/aromatic N) is 3. The monoisotopic (exact) mass is 494 g/mol. The van der Waals surface area contributed by atoms with Crippen LogP contribution in [0.5, 0.6) is 11.5 Å². The van der Waals surface area contributed by atoms with Crippen LogP contribution in [0.2, 0.25) is 0 Å². The highest BCUT2D eigenvalue weighted by Crippen LogP contribution is 2.31. The minimum atomic E-state index is -0.795. The van der Waals surface area contributed by atoms with Crippen LogP contribution in [-0.4, -0.2) is 29.2 Å². The number of nitro benzene ring substituents is 1. The number of methoxy groups -OCH3 is 1. The lowest BCUT2D eigenvalue weighted by atomic mass is 9.96. The maximum Gasteiger partial charge on any atom is 0.338 e. The Morgan fingerprint density at radius 3 is 2.60 bits per heavy atom. The van der Waals surface area contributed by atoms with Gasteiger partial charge in [-0.3, -0.25) is 19.5 Å². The highest BCUT2D eigenvalue weighted by molar-refractivity contribution is 7.07. The number of carbonyl (C=O) groups is 1. The summed E-state index contributed by atoms with van der Waals surface area (Å²) in [6.45, 7) is 3.53. The summed E-state index contributed by atoms with van der Waals surface area (Å²) in [6.07, 6.45) is 1.46. The molecule has 0 saturated carbocycles. The van der Waals surface area contributed by atoms with Gasteiger partial charge in [-0.05, 0) is 48.9 Å². The number of thiazole rings is 1. The van der Waals surface area contributed by atoms with Gasteiger partial charge in [0.15, 0.2) is 4.80 Å². The third-order valence-corrected chi connectivity index (χ3v) is 6.41. The molecule has 0 unspecified atom stereocenters. The van der Waals surface area contributed by atoms with Crippen LogP contribution in [0.3, 0.4) is 0 Å². The van der Waals surface area contributed by atoms with E-state index in [2.05, 4.69) is 4.99 Å². The molecule has 0 spiro atoms. The van der Waals surface area contributed by atoms with Gasteiger partial charge < -0.3 is 14.6 Å². The summed E-state index contributed by atoms with van der Waals surface area (Å²) >= 11 is 1.08. The van der Waals surface area contributed by atoms with Crippen molar-refractivity contribution in [2.24, 2.45) is 4.99 Å². The number of benzene rings is 2. The van der Waals surface area contributed by atoms with Crippen molar-refractivity contribution in [3.05, 3.63) is 94.7 Å². The summed E-state index contributed by atoms with van der Waals surface area (Å²) in [4.78, 5) is 41.6. The number of allylic oxidation sites excluding steroid dienone is 1. The summed E-state index contributed by atoms with van der Waals surface area (Å²) in [7, 11) is 1.54. The number of hydrogen-bond donors (Lipinski definition) is 0. The molecule has 35 heavy (non-hydrogen) atoms. The lowest BCUT2D eigenvalue weighted by Crippen LogP contribution is -2.39. The van der Waals surface area contributed by atoms with E-state index in [4.69, 9.17) is 9.47 Å². The maximum absolute atomic E-state index is 13.5. The Hall–Kier alpha value is -4.25. The first-order chi connectivity index (χ1) is 16.7. The zero-order valence-corrected chi connectivity index (χ0v) is 19.8. The van der Waals surface area contributed by atoms with Crippen LogP contribution < -0.4 is 24.7 Å². The molecular formula is C24H20N3O7S-. The normalized spacial score (nSPS) is 15.4. The number of rotatable bonds is 6. The molecule has 180 valence electrons. The second-order valence-corrected chi connectivity index (χ2v) is 8.57. The maximum atomic E-state index is 13.5. The van der Waals surface area contributed by atoms with Crippen LogP contribution in [0, 0.1) is 10.1 Å². The first kappa shape index (κ1) is 23.9. The topological polar surface area (TPSA) is 136 Å². The third kappa shape index (κ3) is 4.45. The van der Waals surface area contributed by atoms with Crippen molar-refractivity contribution in [1.29, 1.82) is 0 Å². The predicted octanol–water partition coefficient (Wildman–Crippen LogP) is 1.79. The molecule has 0 bridgehead atoms. The van der Waals surface area contributed by atoms with Crippen molar-refractivity contribution in [2.75, 3.05) is 13.7 Å². The smallest absolute Gasteiger partial charge is 0.338 e. The van der Waals surface area contributed by atoms with Crippen molar-refractivity contribution in [2.45, 2.75) is 19.9 Å². The molecule has 0 N–H and O–H groups in total. The molecule has 0 amide bonds. The van der Waals surface area contributed by atoms with Gasteiger partial charge >= 0.3 is 5.97 Å². The fourth-order valence-corrected chi connectivity index (χ4v) is 4.86. The van der Waals surface area contributed by atoms with Crippen LogP contribution in [0.25, 0.3) is 6.08 Å². The Labute approximate surface area is 202 Å². The SMILES string of the molecule is CCOC(=O)C1=C(C)N=c2sc(=Cc3ccc([O-])c([N+](=O)[O-])c3)c(=O)n2[C@@H]1c1ccc(OC)cc1. The van der Waals surface area contributed by atoms with Crippen LogP contribution in [0.4, 0.5) is 5.69 Å². The fourth-order valence-electron chi connectivity index (χ4n) is 3.81. The van der Waals surface area contributed by atoms with E-state index in [1.54, 1.807) is 38.1 Å². The molecule has 10 nitrogen and oxygen atoms in total. The van der Waals surface area contributed by atoms with Crippen LogP contribution >= 0.6 is 11.3 Å². The molecule has 2 heterocycles. The second kappa shape index (κ2) is 9.55. The molecular weight excluding hydrogens is 474 g/mol. The molecule has 0 fully saturated rings. The summed E-state index contributed by atoms with van der Waals surface area (Å²) in [5, 5.41) is 22.9. The zero-order chi connectivity index (χ0) is 25.3. The van der Waals surface area contributed by atoms with E-state index in [-0.39, 0.29) is 16.7 Å². The van der Waals surface area contributed by atoms with Crippen LogP contribution in [0.15, 0.2) is 63.5 Å². The highest BCUT2D eigenvalue weighted by atomic mass is 32.1. The van der Waals surface area contributed by atoms with Crippen LogP contribution in [0.1, 0.15) is 31.0 Å². The van der Waals surface area contributed by atoms with E-state index >= 15 is 0 Å². The lowest BCUT2D eigenvalue weighted by Gasteiger charge is -2.24. The van der Waals surface area contributed by atoms with Gasteiger partial charge in [-0.25, -0.2) is 9.79 Å². The number of esters is 1. The Kier molecular flexibility index (Phi) is 6.52. The van der Waals surface area contributed by atoms with Gasteiger partial charge in [0.2, 0.25) is 0 Å². The molecule has 1 atom stereocenters.